The van der Waals surface area contributed by atoms with Gasteiger partial charge in [0.25, 0.3) is 0 Å². The van der Waals surface area contributed by atoms with Crippen LogP contribution in [0.3, 0.4) is 0 Å². The van der Waals surface area contributed by atoms with Crippen LogP contribution in [0.4, 0.5) is 0 Å². The number of aromatic nitrogens is 1. The molecule has 0 aliphatic carbocycles. The Balaban J connectivity index is 2.60. The molecule has 0 saturated carbocycles. The summed E-state index contributed by atoms with van der Waals surface area (Å²) in [5.74, 6) is -0.323. The normalized spacial score (nSPS) is 11.5. The topological polar surface area (TPSA) is 63.3 Å². The van der Waals surface area contributed by atoms with E-state index >= 15 is 0 Å². The standard InChI is InChI=1S/C14H15NO3/c1-14(2,3)12-9(13(16)17)6-7-10(15-12)11-5-4-8-18-11/h4-8H,1-3H3,(H,16,17). The van der Waals surface area contributed by atoms with Gasteiger partial charge in [0.1, 0.15) is 5.69 Å². The summed E-state index contributed by atoms with van der Waals surface area (Å²) in [5.41, 5.74) is 1.10. The number of hydrogen-bond donors (Lipinski definition) is 1. The number of carboxylic acids is 1. The van der Waals surface area contributed by atoms with E-state index in [4.69, 9.17) is 4.42 Å². The molecule has 0 aromatic carbocycles. The van der Waals surface area contributed by atoms with Gasteiger partial charge in [-0.2, -0.15) is 0 Å². The van der Waals surface area contributed by atoms with Gasteiger partial charge >= 0.3 is 5.97 Å². The first-order valence-corrected chi connectivity index (χ1v) is 5.68. The number of rotatable bonds is 2. The van der Waals surface area contributed by atoms with Crippen LogP contribution in [0.25, 0.3) is 11.5 Å². The lowest BCUT2D eigenvalue weighted by Crippen LogP contribution is -2.19. The van der Waals surface area contributed by atoms with Crippen LogP contribution in [0.1, 0.15) is 36.8 Å². The summed E-state index contributed by atoms with van der Waals surface area (Å²) in [6, 6.07) is 6.82. The predicted octanol–water partition coefficient (Wildman–Crippen LogP) is 3.34. The maximum Gasteiger partial charge on any atom is 0.337 e. The van der Waals surface area contributed by atoms with Gasteiger partial charge < -0.3 is 9.52 Å². The third-order valence-electron chi connectivity index (χ3n) is 2.61. The maximum absolute atomic E-state index is 11.2. The van der Waals surface area contributed by atoms with Gasteiger partial charge in [0.15, 0.2) is 5.76 Å². The molecule has 0 spiro atoms. The van der Waals surface area contributed by atoms with Crippen molar-refractivity contribution in [2.75, 3.05) is 0 Å². The first kappa shape index (κ1) is 12.4. The van der Waals surface area contributed by atoms with Gasteiger partial charge in [0.05, 0.1) is 17.5 Å². The molecular weight excluding hydrogens is 230 g/mol. The van der Waals surface area contributed by atoms with Crippen LogP contribution < -0.4 is 0 Å². The maximum atomic E-state index is 11.2. The summed E-state index contributed by atoms with van der Waals surface area (Å²) in [5, 5.41) is 9.19. The van der Waals surface area contributed by atoms with Crippen molar-refractivity contribution in [1.82, 2.24) is 4.98 Å². The summed E-state index contributed by atoms with van der Waals surface area (Å²) >= 11 is 0. The molecule has 1 N–H and O–H groups in total. The van der Waals surface area contributed by atoms with Crippen molar-refractivity contribution in [3.8, 4) is 11.5 Å². The fourth-order valence-electron chi connectivity index (χ4n) is 1.76. The zero-order chi connectivity index (χ0) is 13.3. The molecule has 94 valence electrons. The first-order valence-electron chi connectivity index (χ1n) is 5.68. The lowest BCUT2D eigenvalue weighted by molar-refractivity contribution is 0.0693. The minimum Gasteiger partial charge on any atom is -0.478 e. The highest BCUT2D eigenvalue weighted by atomic mass is 16.4. The smallest absolute Gasteiger partial charge is 0.337 e. The second kappa shape index (κ2) is 4.29. The number of furan rings is 1. The molecule has 0 saturated heterocycles. The molecule has 0 atom stereocenters. The molecule has 2 heterocycles. The second-order valence-electron chi connectivity index (χ2n) is 5.13. The van der Waals surface area contributed by atoms with Crippen molar-refractivity contribution < 1.29 is 14.3 Å². The zero-order valence-electron chi connectivity index (χ0n) is 10.6. The summed E-state index contributed by atoms with van der Waals surface area (Å²) < 4.78 is 5.28. The lowest BCUT2D eigenvalue weighted by Gasteiger charge is -2.20. The van der Waals surface area contributed by atoms with Crippen LogP contribution in [-0.2, 0) is 5.41 Å². The molecule has 4 nitrogen and oxygen atoms in total. The van der Waals surface area contributed by atoms with Crippen LogP contribution >= 0.6 is 0 Å². The zero-order valence-corrected chi connectivity index (χ0v) is 10.6. The Morgan fingerprint density at radius 1 is 1.28 bits per heavy atom. The third kappa shape index (κ3) is 2.27. The van der Waals surface area contributed by atoms with E-state index in [1.54, 1.807) is 30.5 Å². The molecule has 0 aliphatic rings. The number of pyridine rings is 1. The van der Waals surface area contributed by atoms with Crippen LogP contribution in [0.2, 0.25) is 0 Å². The van der Waals surface area contributed by atoms with Gasteiger partial charge in [0.2, 0.25) is 0 Å². The van der Waals surface area contributed by atoms with Gasteiger partial charge in [-0.25, -0.2) is 9.78 Å². The molecule has 0 unspecified atom stereocenters. The molecule has 0 bridgehead atoms. The molecule has 2 aromatic rings. The van der Waals surface area contributed by atoms with E-state index in [2.05, 4.69) is 4.98 Å². The third-order valence-corrected chi connectivity index (χ3v) is 2.61. The number of carboxylic acid groups (broad SMARTS) is 1. The molecule has 18 heavy (non-hydrogen) atoms. The Labute approximate surface area is 105 Å². The van der Waals surface area contributed by atoms with E-state index in [1.165, 1.54) is 0 Å². The molecule has 0 fully saturated rings. The fraction of sp³-hybridized carbons (Fsp3) is 0.286. The van der Waals surface area contributed by atoms with Gasteiger partial charge in [-0.3, -0.25) is 0 Å². The van der Waals surface area contributed by atoms with Gasteiger partial charge in [-0.1, -0.05) is 20.8 Å². The lowest BCUT2D eigenvalue weighted by atomic mass is 9.88. The number of nitrogens with zero attached hydrogens (tertiary/aromatic N) is 1. The van der Waals surface area contributed by atoms with E-state index < -0.39 is 5.97 Å². The van der Waals surface area contributed by atoms with Crippen molar-refractivity contribution in [2.45, 2.75) is 26.2 Å². The number of aromatic carboxylic acids is 1. The first-order chi connectivity index (χ1) is 8.39. The van der Waals surface area contributed by atoms with E-state index in [9.17, 15) is 9.90 Å². The minimum absolute atomic E-state index is 0.234. The average Bonchev–Trinajstić information content (AvgIpc) is 2.80. The Kier molecular flexibility index (Phi) is 2.95. The Morgan fingerprint density at radius 2 is 2.00 bits per heavy atom. The van der Waals surface area contributed by atoms with Crippen molar-refractivity contribution >= 4 is 5.97 Å². The van der Waals surface area contributed by atoms with E-state index in [0.29, 0.717) is 17.1 Å². The largest absolute Gasteiger partial charge is 0.478 e. The average molecular weight is 245 g/mol. The molecule has 0 radical (unpaired) electrons. The number of hydrogen-bond acceptors (Lipinski definition) is 3. The Morgan fingerprint density at radius 3 is 2.50 bits per heavy atom. The number of carbonyl (C=O) groups is 1. The molecule has 4 heteroatoms. The van der Waals surface area contributed by atoms with E-state index in [0.717, 1.165) is 0 Å². The monoisotopic (exact) mass is 245 g/mol. The second-order valence-corrected chi connectivity index (χ2v) is 5.13. The van der Waals surface area contributed by atoms with Gasteiger partial charge in [0, 0.05) is 5.41 Å². The van der Waals surface area contributed by atoms with Gasteiger partial charge in [-0.05, 0) is 24.3 Å². The molecule has 0 aliphatic heterocycles. The highest BCUT2D eigenvalue weighted by Gasteiger charge is 2.24. The Bertz CT molecular complexity index is 565. The van der Waals surface area contributed by atoms with E-state index in [-0.39, 0.29) is 11.0 Å². The summed E-state index contributed by atoms with van der Waals surface area (Å²) in [6.07, 6.45) is 1.57. The van der Waals surface area contributed by atoms with Crippen LogP contribution in [0, 0.1) is 0 Å². The Hall–Kier alpha value is -2.10. The highest BCUT2D eigenvalue weighted by molar-refractivity contribution is 5.89. The molecule has 2 rings (SSSR count). The SMILES string of the molecule is CC(C)(C)c1nc(-c2ccco2)ccc1C(=O)O. The summed E-state index contributed by atoms with van der Waals surface area (Å²) in [4.78, 5) is 15.6. The van der Waals surface area contributed by atoms with Gasteiger partial charge in [-0.15, -0.1) is 0 Å². The van der Waals surface area contributed by atoms with Crippen LogP contribution in [0.5, 0.6) is 0 Å². The predicted molar refractivity (Wildman–Crippen MR) is 67.6 cm³/mol. The van der Waals surface area contributed by atoms with Crippen molar-refractivity contribution in [3.05, 3.63) is 41.8 Å². The van der Waals surface area contributed by atoms with Crippen LogP contribution in [-0.4, -0.2) is 16.1 Å². The molecule has 2 aromatic heterocycles. The van der Waals surface area contributed by atoms with Crippen LogP contribution in [0.15, 0.2) is 34.9 Å². The van der Waals surface area contributed by atoms with Crippen molar-refractivity contribution in [3.63, 3.8) is 0 Å². The fourth-order valence-corrected chi connectivity index (χ4v) is 1.76. The van der Waals surface area contributed by atoms with Crippen molar-refractivity contribution in [1.29, 1.82) is 0 Å². The quantitative estimate of drug-likeness (QED) is 0.881. The summed E-state index contributed by atoms with van der Waals surface area (Å²) in [6.45, 7) is 5.81. The molecular formula is C14H15NO3. The summed E-state index contributed by atoms with van der Waals surface area (Å²) in [7, 11) is 0. The van der Waals surface area contributed by atoms with E-state index in [1.807, 2.05) is 20.8 Å². The van der Waals surface area contributed by atoms with Crippen molar-refractivity contribution in [2.24, 2.45) is 0 Å². The highest BCUT2D eigenvalue weighted by Crippen LogP contribution is 2.27. The molecule has 0 amide bonds. The minimum atomic E-state index is -0.960.